The van der Waals surface area contributed by atoms with Crippen molar-refractivity contribution < 1.29 is 29.7 Å². The quantitative estimate of drug-likeness (QED) is 0.334. The third-order valence-electron chi connectivity index (χ3n) is 1.08. The number of hydrogen-bond acceptors (Lipinski definition) is 7. The van der Waals surface area contributed by atoms with Crippen molar-refractivity contribution in [3.05, 3.63) is 0 Å². The van der Waals surface area contributed by atoms with Gasteiger partial charge in [0, 0.05) is 0 Å². The fourth-order valence-electron chi connectivity index (χ4n) is 0.742. The number of rotatable bonds is 6. The zero-order valence-electron chi connectivity index (χ0n) is 8.76. The van der Waals surface area contributed by atoms with Crippen molar-refractivity contribution >= 4 is 17.9 Å². The van der Waals surface area contributed by atoms with Gasteiger partial charge in [0.25, 0.3) is 0 Å². The van der Waals surface area contributed by atoms with Crippen LogP contribution in [-0.2, 0) is 14.4 Å². The lowest BCUT2D eigenvalue weighted by atomic mass is 10.4. The molecule has 10 nitrogen and oxygen atoms in total. The van der Waals surface area contributed by atoms with Crippen molar-refractivity contribution in [2.75, 3.05) is 19.6 Å². The van der Waals surface area contributed by atoms with E-state index >= 15 is 0 Å². The van der Waals surface area contributed by atoms with Crippen LogP contribution in [0.2, 0.25) is 0 Å². The fourth-order valence-corrected chi connectivity index (χ4v) is 0.742. The Labute approximate surface area is 91.6 Å². The summed E-state index contributed by atoms with van der Waals surface area (Å²) in [5, 5.41) is 24.8. The van der Waals surface area contributed by atoms with Crippen LogP contribution < -0.4 is 18.5 Å². The van der Waals surface area contributed by atoms with E-state index < -0.39 is 37.5 Å². The smallest absolute Gasteiger partial charge is 0.317 e. The second-order valence-corrected chi connectivity index (χ2v) is 2.33. The maximum Gasteiger partial charge on any atom is 0.317 e. The van der Waals surface area contributed by atoms with Gasteiger partial charge in [-0.25, -0.2) is 0 Å². The molecule has 0 aliphatic rings. The second kappa shape index (κ2) is 11.3. The Morgan fingerprint density at radius 3 is 1.00 bits per heavy atom. The summed E-state index contributed by atoms with van der Waals surface area (Å²) in [4.78, 5) is 31.2. The molecule has 0 aliphatic heterocycles. The molecule has 0 aliphatic carbocycles. The summed E-state index contributed by atoms with van der Waals surface area (Å²) < 4.78 is 0. The van der Waals surface area contributed by atoms with Gasteiger partial charge in [-0.15, -0.1) is 0 Å². The normalized spacial score (nSPS) is 8.06. The molecule has 0 spiro atoms. The number of carboxylic acid groups (broad SMARTS) is 3. The van der Waals surface area contributed by atoms with E-state index in [4.69, 9.17) is 15.3 Å². The minimum absolute atomic E-state index is 0. The average molecular weight is 242 g/mol. The van der Waals surface area contributed by atoms with Crippen LogP contribution >= 0.6 is 0 Å². The van der Waals surface area contributed by atoms with Gasteiger partial charge in [-0.05, 0) is 0 Å². The molecule has 0 heterocycles. The van der Waals surface area contributed by atoms with E-state index in [-0.39, 0.29) is 18.5 Å². The van der Waals surface area contributed by atoms with Gasteiger partial charge < -0.3 is 33.8 Å². The molecular weight excluding hydrogens is 224 g/mol. The molecule has 0 aromatic carbocycles. The van der Waals surface area contributed by atoms with Crippen LogP contribution in [0, 0.1) is 0 Å². The van der Waals surface area contributed by atoms with Gasteiger partial charge in [0.05, 0.1) is 19.6 Å². The van der Waals surface area contributed by atoms with E-state index in [1.165, 1.54) is 0 Å². The van der Waals surface area contributed by atoms with Crippen molar-refractivity contribution in [2.24, 2.45) is 0 Å². The number of hydrogen-bond donors (Lipinski definition) is 6. The number of nitrogens with zero attached hydrogens (tertiary/aromatic N) is 1. The molecule has 10 heteroatoms. The predicted octanol–water partition coefficient (Wildman–Crippen LogP) is -0.972. The molecule has 98 valence electrons. The molecule has 0 aromatic heterocycles. The van der Waals surface area contributed by atoms with Crippen LogP contribution in [0.1, 0.15) is 0 Å². The molecule has 0 bridgehead atoms. The lowest BCUT2D eigenvalue weighted by Gasteiger charge is -2.14. The molecule has 12 N–H and O–H groups in total. The minimum atomic E-state index is -1.26. The molecule has 0 rings (SSSR count). The summed E-state index contributed by atoms with van der Waals surface area (Å²) >= 11 is 0. The van der Waals surface area contributed by atoms with E-state index in [1.54, 1.807) is 0 Å². The molecule has 16 heavy (non-hydrogen) atoms. The zero-order valence-corrected chi connectivity index (χ0v) is 8.76. The van der Waals surface area contributed by atoms with Crippen LogP contribution in [0.5, 0.6) is 0 Å². The SMILES string of the molecule is N.N.N.O=C(O)CN(CC(=O)O)CC(=O)O. The molecule has 0 fully saturated rings. The van der Waals surface area contributed by atoms with Crippen molar-refractivity contribution in [3.8, 4) is 0 Å². The molecule has 0 aromatic rings. The topological polar surface area (TPSA) is 220 Å². The second-order valence-electron chi connectivity index (χ2n) is 2.33. The Bertz CT molecular complexity index is 195. The summed E-state index contributed by atoms with van der Waals surface area (Å²) in [6.45, 7) is -1.80. The van der Waals surface area contributed by atoms with Gasteiger partial charge in [-0.2, -0.15) is 0 Å². The number of aliphatic carboxylic acids is 3. The van der Waals surface area contributed by atoms with Gasteiger partial charge in [0.2, 0.25) is 0 Å². The van der Waals surface area contributed by atoms with Gasteiger partial charge in [-0.1, -0.05) is 0 Å². The molecule has 0 amide bonds. The standard InChI is InChI=1S/C6H9NO6.3H3N/c8-4(9)1-7(2-5(10)11)3-6(12)13;;;/h1-3H2,(H,8,9)(H,10,11)(H,12,13);3*1H3. The van der Waals surface area contributed by atoms with Crippen molar-refractivity contribution in [1.29, 1.82) is 0 Å². The Morgan fingerprint density at radius 2 is 0.875 bits per heavy atom. The summed E-state index contributed by atoms with van der Waals surface area (Å²) in [7, 11) is 0. The van der Waals surface area contributed by atoms with Crippen LogP contribution in [0.15, 0.2) is 0 Å². The largest absolute Gasteiger partial charge is 0.480 e. The molecule has 0 saturated carbocycles. The summed E-state index contributed by atoms with van der Waals surface area (Å²) in [6, 6.07) is 0. The maximum absolute atomic E-state index is 10.1. The third kappa shape index (κ3) is 14.8. The molecular formula is C6H18N4O6. The lowest BCUT2D eigenvalue weighted by molar-refractivity contribution is -0.144. The zero-order chi connectivity index (χ0) is 10.4. The van der Waals surface area contributed by atoms with Gasteiger partial charge >= 0.3 is 17.9 Å². The predicted molar refractivity (Wildman–Crippen MR) is 54.4 cm³/mol. The summed E-state index contributed by atoms with van der Waals surface area (Å²) in [6.07, 6.45) is 0. The lowest BCUT2D eigenvalue weighted by Crippen LogP contribution is -2.38. The first kappa shape index (κ1) is 23.8. The third-order valence-corrected chi connectivity index (χ3v) is 1.08. The van der Waals surface area contributed by atoms with Gasteiger partial charge in [0.15, 0.2) is 0 Å². The van der Waals surface area contributed by atoms with Crippen molar-refractivity contribution in [3.63, 3.8) is 0 Å². The molecule has 0 saturated heterocycles. The van der Waals surface area contributed by atoms with Gasteiger partial charge in [-0.3, -0.25) is 19.3 Å². The minimum Gasteiger partial charge on any atom is -0.480 e. The van der Waals surface area contributed by atoms with E-state index in [0.717, 1.165) is 4.90 Å². The Morgan fingerprint density at radius 1 is 0.688 bits per heavy atom. The van der Waals surface area contributed by atoms with Crippen LogP contribution in [0.3, 0.4) is 0 Å². The molecule has 0 radical (unpaired) electrons. The van der Waals surface area contributed by atoms with Gasteiger partial charge in [0.1, 0.15) is 0 Å². The van der Waals surface area contributed by atoms with Crippen molar-refractivity contribution in [1.82, 2.24) is 23.4 Å². The summed E-state index contributed by atoms with van der Waals surface area (Å²) in [5.74, 6) is -3.78. The van der Waals surface area contributed by atoms with E-state index in [0.29, 0.717) is 0 Å². The summed E-state index contributed by atoms with van der Waals surface area (Å²) in [5.41, 5.74) is 0. The van der Waals surface area contributed by atoms with Crippen LogP contribution in [-0.4, -0.2) is 57.8 Å². The number of carbonyl (C=O) groups is 3. The molecule has 0 unspecified atom stereocenters. The molecule has 0 atom stereocenters. The highest BCUT2D eigenvalue weighted by molar-refractivity contribution is 5.75. The number of carboxylic acids is 3. The monoisotopic (exact) mass is 242 g/mol. The van der Waals surface area contributed by atoms with E-state index in [2.05, 4.69) is 0 Å². The Balaban J connectivity index is -0.000000240. The highest BCUT2D eigenvalue weighted by Crippen LogP contribution is 1.87. The Hall–Kier alpha value is -1.75. The van der Waals surface area contributed by atoms with Crippen LogP contribution in [0.25, 0.3) is 0 Å². The fraction of sp³-hybridized carbons (Fsp3) is 0.500. The highest BCUT2D eigenvalue weighted by atomic mass is 16.4. The van der Waals surface area contributed by atoms with E-state index in [1.807, 2.05) is 0 Å². The van der Waals surface area contributed by atoms with Crippen molar-refractivity contribution in [2.45, 2.75) is 0 Å². The van der Waals surface area contributed by atoms with E-state index in [9.17, 15) is 14.4 Å². The van der Waals surface area contributed by atoms with Crippen LogP contribution in [0.4, 0.5) is 0 Å². The first-order valence-electron chi connectivity index (χ1n) is 3.29. The maximum atomic E-state index is 10.1. The average Bonchev–Trinajstić information content (AvgIpc) is 1.80. The first-order chi connectivity index (χ1) is 5.91. The Kier molecular flexibility index (Phi) is 16.9. The highest BCUT2D eigenvalue weighted by Gasteiger charge is 2.15. The first-order valence-corrected chi connectivity index (χ1v) is 3.29.